The van der Waals surface area contributed by atoms with E-state index in [-0.39, 0.29) is 5.91 Å². The van der Waals surface area contributed by atoms with Gasteiger partial charge in [0.2, 0.25) is 5.91 Å². The third-order valence-electron chi connectivity index (χ3n) is 2.70. The Morgan fingerprint density at radius 2 is 2.07 bits per heavy atom. The van der Waals surface area contributed by atoms with Gasteiger partial charge in [-0.05, 0) is 40.9 Å². The lowest BCUT2D eigenvalue weighted by molar-refractivity contribution is -0.124. The molecule has 0 radical (unpaired) electrons. The number of carbonyl (C=O) groups excluding carboxylic acids is 1. The van der Waals surface area contributed by atoms with Gasteiger partial charge in [-0.3, -0.25) is 4.79 Å². The topological polar surface area (TPSA) is 58.4 Å². The maximum Gasteiger partial charge on any atom is 0.237 e. The molecule has 84 valence electrons. The summed E-state index contributed by atoms with van der Waals surface area (Å²) in [5.41, 5.74) is 4.79. The highest BCUT2D eigenvalue weighted by atomic mass is 16.1. The van der Waals surface area contributed by atoms with E-state index in [4.69, 9.17) is 5.73 Å². The van der Waals surface area contributed by atoms with Crippen LogP contribution in [0.1, 0.15) is 27.2 Å². The molecule has 0 aliphatic rings. The molecule has 0 saturated carbocycles. The normalized spacial score (nSPS) is 17.9. The zero-order valence-electron chi connectivity index (χ0n) is 9.92. The third kappa shape index (κ3) is 3.64. The van der Waals surface area contributed by atoms with Gasteiger partial charge in [0.25, 0.3) is 0 Å². The van der Waals surface area contributed by atoms with Crippen LogP contribution >= 0.6 is 0 Å². The van der Waals surface area contributed by atoms with Crippen molar-refractivity contribution >= 4 is 5.91 Å². The van der Waals surface area contributed by atoms with E-state index >= 15 is 0 Å². The van der Waals surface area contributed by atoms with Crippen LogP contribution < -0.4 is 11.1 Å². The molecule has 0 fully saturated rings. The molecule has 4 nitrogen and oxygen atoms in total. The summed E-state index contributed by atoms with van der Waals surface area (Å²) in [6.07, 6.45) is 0.725. The van der Waals surface area contributed by atoms with Crippen LogP contribution in [-0.2, 0) is 4.79 Å². The molecule has 2 unspecified atom stereocenters. The molecule has 0 aromatic heterocycles. The fourth-order valence-electron chi connectivity index (χ4n) is 1.42. The second kappa shape index (κ2) is 5.32. The fraction of sp³-hybridized carbons (Fsp3) is 0.900. The lowest BCUT2D eigenvalue weighted by Crippen LogP contribution is -2.55. The lowest BCUT2D eigenvalue weighted by Gasteiger charge is -2.32. The molecular formula is C10H23N3O. The second-order valence-electron chi connectivity index (χ2n) is 4.24. The summed E-state index contributed by atoms with van der Waals surface area (Å²) < 4.78 is 0. The zero-order chi connectivity index (χ0) is 11.4. The van der Waals surface area contributed by atoms with Crippen LogP contribution in [0.2, 0.25) is 0 Å². The van der Waals surface area contributed by atoms with Crippen LogP contribution in [0.5, 0.6) is 0 Å². The van der Waals surface area contributed by atoms with Gasteiger partial charge in [0, 0.05) is 6.04 Å². The van der Waals surface area contributed by atoms with E-state index in [2.05, 4.69) is 17.1 Å². The molecule has 0 saturated heterocycles. The van der Waals surface area contributed by atoms with Gasteiger partial charge in [0.1, 0.15) is 0 Å². The molecular weight excluding hydrogens is 178 g/mol. The molecule has 1 amide bonds. The van der Waals surface area contributed by atoms with E-state index in [9.17, 15) is 4.79 Å². The summed E-state index contributed by atoms with van der Waals surface area (Å²) in [5.74, 6) is -0.284. The Labute approximate surface area is 86.8 Å². The SMILES string of the molecule is CCNC(C)(CC(C)N(C)C)C(N)=O. The molecule has 0 aliphatic carbocycles. The largest absolute Gasteiger partial charge is 0.368 e. The average molecular weight is 201 g/mol. The molecule has 0 bridgehead atoms. The highest BCUT2D eigenvalue weighted by molar-refractivity contribution is 5.84. The quantitative estimate of drug-likeness (QED) is 0.644. The van der Waals surface area contributed by atoms with E-state index < -0.39 is 5.54 Å². The average Bonchev–Trinajstić information content (AvgIpc) is 2.03. The van der Waals surface area contributed by atoms with Crippen molar-refractivity contribution in [2.24, 2.45) is 5.73 Å². The molecule has 14 heavy (non-hydrogen) atoms. The van der Waals surface area contributed by atoms with Gasteiger partial charge in [0.05, 0.1) is 5.54 Å². The lowest BCUT2D eigenvalue weighted by atomic mass is 9.92. The summed E-state index contributed by atoms with van der Waals surface area (Å²) in [5, 5.41) is 3.14. The van der Waals surface area contributed by atoms with Crippen molar-refractivity contribution in [1.82, 2.24) is 10.2 Å². The van der Waals surface area contributed by atoms with Crippen molar-refractivity contribution < 1.29 is 4.79 Å². The van der Waals surface area contributed by atoms with Crippen molar-refractivity contribution in [3.05, 3.63) is 0 Å². The standard InChI is InChI=1S/C10H23N3O/c1-6-12-10(3,9(11)14)7-8(2)13(4)5/h8,12H,6-7H2,1-5H3,(H2,11,14). The van der Waals surface area contributed by atoms with Gasteiger partial charge in [0.15, 0.2) is 0 Å². The number of hydrogen-bond acceptors (Lipinski definition) is 3. The van der Waals surface area contributed by atoms with Gasteiger partial charge in [-0.15, -0.1) is 0 Å². The molecule has 4 heteroatoms. The van der Waals surface area contributed by atoms with Crippen LogP contribution in [0.3, 0.4) is 0 Å². The van der Waals surface area contributed by atoms with Crippen molar-refractivity contribution in [2.75, 3.05) is 20.6 Å². The fourth-order valence-corrected chi connectivity index (χ4v) is 1.42. The molecule has 0 rings (SSSR count). The minimum Gasteiger partial charge on any atom is -0.368 e. The molecule has 3 N–H and O–H groups in total. The Morgan fingerprint density at radius 3 is 2.36 bits per heavy atom. The number of nitrogens with one attached hydrogen (secondary N) is 1. The van der Waals surface area contributed by atoms with Gasteiger partial charge >= 0.3 is 0 Å². The maximum absolute atomic E-state index is 11.3. The zero-order valence-corrected chi connectivity index (χ0v) is 9.92. The highest BCUT2D eigenvalue weighted by Crippen LogP contribution is 2.14. The molecule has 0 aliphatic heterocycles. The number of carbonyl (C=O) groups is 1. The van der Waals surface area contributed by atoms with Crippen molar-refractivity contribution in [3.8, 4) is 0 Å². The predicted octanol–water partition coefficient (Wildman–Crippen LogP) is 0.180. The van der Waals surface area contributed by atoms with Crippen LogP contribution in [-0.4, -0.2) is 43.0 Å². The summed E-state index contributed by atoms with van der Waals surface area (Å²) in [6.45, 7) is 6.67. The molecule has 0 spiro atoms. The summed E-state index contributed by atoms with van der Waals surface area (Å²) in [6, 6.07) is 0.326. The van der Waals surface area contributed by atoms with E-state index in [1.165, 1.54) is 0 Å². The van der Waals surface area contributed by atoms with Crippen LogP contribution in [0.4, 0.5) is 0 Å². The third-order valence-corrected chi connectivity index (χ3v) is 2.70. The smallest absolute Gasteiger partial charge is 0.237 e. The van der Waals surface area contributed by atoms with Gasteiger partial charge in [-0.1, -0.05) is 6.92 Å². The monoisotopic (exact) mass is 201 g/mol. The van der Waals surface area contributed by atoms with E-state index in [1.54, 1.807) is 0 Å². The van der Waals surface area contributed by atoms with Crippen LogP contribution in [0.15, 0.2) is 0 Å². The molecule has 0 aromatic rings. The minimum absolute atomic E-state index is 0.284. The second-order valence-corrected chi connectivity index (χ2v) is 4.24. The van der Waals surface area contributed by atoms with E-state index in [0.717, 1.165) is 13.0 Å². The van der Waals surface area contributed by atoms with Crippen molar-refractivity contribution in [1.29, 1.82) is 0 Å². The number of nitrogens with zero attached hydrogens (tertiary/aromatic N) is 1. The number of primary amides is 1. The number of hydrogen-bond donors (Lipinski definition) is 2. The predicted molar refractivity (Wildman–Crippen MR) is 59.0 cm³/mol. The van der Waals surface area contributed by atoms with Crippen molar-refractivity contribution in [2.45, 2.75) is 38.8 Å². The molecule has 0 heterocycles. The first-order valence-corrected chi connectivity index (χ1v) is 5.05. The molecule has 2 atom stereocenters. The Kier molecular flexibility index (Phi) is 5.08. The summed E-state index contributed by atoms with van der Waals surface area (Å²) in [7, 11) is 4.00. The van der Waals surface area contributed by atoms with Crippen LogP contribution in [0.25, 0.3) is 0 Å². The van der Waals surface area contributed by atoms with E-state index in [1.807, 2.05) is 27.9 Å². The van der Waals surface area contributed by atoms with E-state index in [0.29, 0.717) is 6.04 Å². The number of likely N-dealkylation sites (N-methyl/N-ethyl adjacent to an activating group) is 1. The van der Waals surface area contributed by atoms with Crippen molar-refractivity contribution in [3.63, 3.8) is 0 Å². The molecule has 0 aromatic carbocycles. The number of amides is 1. The summed E-state index contributed by atoms with van der Waals surface area (Å²) in [4.78, 5) is 13.4. The van der Waals surface area contributed by atoms with Gasteiger partial charge in [-0.25, -0.2) is 0 Å². The number of rotatable bonds is 6. The Bertz CT molecular complexity index is 194. The van der Waals surface area contributed by atoms with Gasteiger partial charge in [-0.2, -0.15) is 0 Å². The minimum atomic E-state index is -0.599. The highest BCUT2D eigenvalue weighted by Gasteiger charge is 2.32. The van der Waals surface area contributed by atoms with Crippen LogP contribution in [0, 0.1) is 0 Å². The first-order chi connectivity index (χ1) is 6.33. The first kappa shape index (κ1) is 13.4. The first-order valence-electron chi connectivity index (χ1n) is 5.05. The summed E-state index contributed by atoms with van der Waals surface area (Å²) >= 11 is 0. The van der Waals surface area contributed by atoms with Gasteiger partial charge < -0.3 is 16.0 Å². The number of nitrogens with two attached hydrogens (primary N) is 1. The Morgan fingerprint density at radius 1 is 1.57 bits per heavy atom. The Balaban J connectivity index is 4.44. The maximum atomic E-state index is 11.3. The Hall–Kier alpha value is -0.610.